The van der Waals surface area contributed by atoms with E-state index in [1.165, 1.54) is 24.3 Å². The fraction of sp³-hybridized carbons (Fsp3) is 0.263. The Hall–Kier alpha value is -2.89. The zero-order valence-electron chi connectivity index (χ0n) is 13.7. The molecule has 1 spiro atoms. The third-order valence-electron chi connectivity index (χ3n) is 5.07. The molecule has 1 saturated heterocycles. The van der Waals surface area contributed by atoms with E-state index < -0.39 is 5.41 Å². The summed E-state index contributed by atoms with van der Waals surface area (Å²) in [5, 5.41) is 2.91. The van der Waals surface area contributed by atoms with Crippen LogP contribution in [0.3, 0.4) is 0 Å². The number of methoxy groups -OCH3 is 1. The molecule has 128 valence electrons. The van der Waals surface area contributed by atoms with Gasteiger partial charge in [-0.25, -0.2) is 4.39 Å². The zero-order valence-corrected chi connectivity index (χ0v) is 13.7. The highest BCUT2D eigenvalue weighted by Crippen LogP contribution is 2.45. The van der Waals surface area contributed by atoms with Crippen molar-refractivity contribution in [3.63, 3.8) is 0 Å². The molecule has 1 atom stereocenters. The van der Waals surface area contributed by atoms with Crippen LogP contribution in [0.4, 0.5) is 10.1 Å². The predicted molar refractivity (Wildman–Crippen MR) is 90.2 cm³/mol. The highest BCUT2D eigenvalue weighted by molar-refractivity contribution is 6.07. The lowest BCUT2D eigenvalue weighted by molar-refractivity contribution is -0.120. The van der Waals surface area contributed by atoms with E-state index in [2.05, 4.69) is 5.32 Å². The molecule has 0 radical (unpaired) electrons. The molecular weight excluding hydrogens is 323 g/mol. The van der Waals surface area contributed by atoms with Gasteiger partial charge in [0.15, 0.2) is 0 Å². The normalized spacial score (nSPS) is 21.4. The lowest BCUT2D eigenvalue weighted by Gasteiger charge is -2.23. The van der Waals surface area contributed by atoms with E-state index >= 15 is 0 Å². The first-order chi connectivity index (χ1) is 12.0. The van der Waals surface area contributed by atoms with E-state index in [0.717, 1.165) is 11.3 Å². The van der Waals surface area contributed by atoms with E-state index in [4.69, 9.17) is 4.74 Å². The smallest absolute Gasteiger partial charge is 0.253 e. The summed E-state index contributed by atoms with van der Waals surface area (Å²) in [6, 6.07) is 10.9. The third kappa shape index (κ3) is 2.36. The topological polar surface area (TPSA) is 58.6 Å². The van der Waals surface area contributed by atoms with Crippen molar-refractivity contribution in [1.82, 2.24) is 4.90 Å². The summed E-state index contributed by atoms with van der Waals surface area (Å²) in [6.45, 7) is 0.773. The van der Waals surface area contributed by atoms with Gasteiger partial charge in [-0.05, 0) is 54.4 Å². The maximum Gasteiger partial charge on any atom is 0.253 e. The molecule has 0 bridgehead atoms. The third-order valence-corrected chi connectivity index (χ3v) is 5.07. The summed E-state index contributed by atoms with van der Waals surface area (Å²) < 4.78 is 18.3. The molecule has 0 aliphatic carbocycles. The molecule has 4 rings (SSSR count). The number of hydrogen-bond acceptors (Lipinski definition) is 3. The van der Waals surface area contributed by atoms with Gasteiger partial charge in [0, 0.05) is 24.3 Å². The second kappa shape index (κ2) is 5.58. The van der Waals surface area contributed by atoms with Crippen molar-refractivity contribution < 1.29 is 18.7 Å². The summed E-state index contributed by atoms with van der Waals surface area (Å²) in [5.41, 5.74) is 1.30. The number of carbonyl (C=O) groups is 2. The summed E-state index contributed by atoms with van der Waals surface area (Å²) in [6.07, 6.45) is 0.548. The van der Waals surface area contributed by atoms with Gasteiger partial charge in [-0.2, -0.15) is 0 Å². The van der Waals surface area contributed by atoms with Gasteiger partial charge in [0.25, 0.3) is 5.91 Å². The Kier molecular flexibility index (Phi) is 3.49. The molecule has 25 heavy (non-hydrogen) atoms. The fourth-order valence-corrected chi connectivity index (χ4v) is 3.68. The van der Waals surface area contributed by atoms with Crippen LogP contribution in [0.15, 0.2) is 42.5 Å². The minimum absolute atomic E-state index is 0.0924. The molecule has 0 aromatic heterocycles. The summed E-state index contributed by atoms with van der Waals surface area (Å²) >= 11 is 0. The first-order valence-corrected chi connectivity index (χ1v) is 8.08. The Balaban J connectivity index is 1.65. The van der Waals surface area contributed by atoms with Gasteiger partial charge in [-0.3, -0.25) is 9.59 Å². The van der Waals surface area contributed by atoms with Gasteiger partial charge < -0.3 is 15.0 Å². The number of nitrogens with one attached hydrogen (secondary N) is 1. The lowest BCUT2D eigenvalue weighted by atomic mass is 9.81. The number of ether oxygens (including phenoxy) is 1. The van der Waals surface area contributed by atoms with Crippen molar-refractivity contribution in [2.24, 2.45) is 0 Å². The van der Waals surface area contributed by atoms with Gasteiger partial charge in [0.2, 0.25) is 5.91 Å². The van der Waals surface area contributed by atoms with E-state index in [-0.39, 0.29) is 17.6 Å². The van der Waals surface area contributed by atoms with Crippen molar-refractivity contribution in [2.45, 2.75) is 11.8 Å². The number of benzene rings is 2. The molecule has 1 N–H and O–H groups in total. The Morgan fingerprint density at radius 3 is 2.72 bits per heavy atom. The van der Waals surface area contributed by atoms with Crippen molar-refractivity contribution in [3.8, 4) is 5.75 Å². The van der Waals surface area contributed by atoms with Crippen LogP contribution in [0, 0.1) is 5.82 Å². The molecule has 2 aliphatic rings. The van der Waals surface area contributed by atoms with Crippen LogP contribution in [-0.4, -0.2) is 36.9 Å². The minimum Gasteiger partial charge on any atom is -0.497 e. The minimum atomic E-state index is -0.750. The average Bonchev–Trinajstić information content (AvgIpc) is 3.18. The monoisotopic (exact) mass is 340 g/mol. The van der Waals surface area contributed by atoms with Crippen LogP contribution in [0.25, 0.3) is 0 Å². The molecule has 1 fully saturated rings. The van der Waals surface area contributed by atoms with Crippen molar-refractivity contribution >= 4 is 17.5 Å². The molecule has 0 unspecified atom stereocenters. The number of halogens is 1. The van der Waals surface area contributed by atoms with Gasteiger partial charge in [-0.1, -0.05) is 0 Å². The predicted octanol–water partition coefficient (Wildman–Crippen LogP) is 2.57. The number of hydrogen-bond donors (Lipinski definition) is 1. The lowest BCUT2D eigenvalue weighted by Crippen LogP contribution is -2.39. The molecular formula is C19H17FN2O3. The fourth-order valence-electron chi connectivity index (χ4n) is 3.68. The molecule has 2 heterocycles. The highest BCUT2D eigenvalue weighted by atomic mass is 19.1. The molecule has 0 saturated carbocycles. The largest absolute Gasteiger partial charge is 0.497 e. The molecule has 2 aromatic rings. The van der Waals surface area contributed by atoms with Gasteiger partial charge >= 0.3 is 0 Å². The Labute approximate surface area is 144 Å². The summed E-state index contributed by atoms with van der Waals surface area (Å²) in [4.78, 5) is 27.0. The molecule has 2 aromatic carbocycles. The SMILES string of the molecule is COc1ccc2c(c1)[C@]1(CCN(C(=O)c3ccc(F)cc3)C1)C(=O)N2. The van der Waals surface area contributed by atoms with Gasteiger partial charge in [0.05, 0.1) is 12.5 Å². The van der Waals surface area contributed by atoms with E-state index in [1.54, 1.807) is 18.1 Å². The Morgan fingerprint density at radius 1 is 1.24 bits per heavy atom. The molecule has 2 aliphatic heterocycles. The number of likely N-dealkylation sites (tertiary alicyclic amines) is 1. The van der Waals surface area contributed by atoms with Crippen LogP contribution in [0.2, 0.25) is 0 Å². The van der Waals surface area contributed by atoms with Crippen LogP contribution < -0.4 is 10.1 Å². The van der Waals surface area contributed by atoms with Crippen LogP contribution >= 0.6 is 0 Å². The maximum absolute atomic E-state index is 13.1. The van der Waals surface area contributed by atoms with Crippen molar-refractivity contribution in [1.29, 1.82) is 0 Å². The van der Waals surface area contributed by atoms with E-state index in [9.17, 15) is 14.0 Å². The van der Waals surface area contributed by atoms with E-state index in [1.807, 2.05) is 12.1 Å². The first-order valence-electron chi connectivity index (χ1n) is 8.08. The Morgan fingerprint density at radius 2 is 2.00 bits per heavy atom. The second-order valence-corrected chi connectivity index (χ2v) is 6.43. The van der Waals surface area contributed by atoms with Crippen LogP contribution in [0.5, 0.6) is 5.75 Å². The van der Waals surface area contributed by atoms with Crippen molar-refractivity contribution in [2.75, 3.05) is 25.5 Å². The zero-order chi connectivity index (χ0) is 17.6. The van der Waals surface area contributed by atoms with Gasteiger partial charge in [0.1, 0.15) is 11.6 Å². The number of nitrogens with zero attached hydrogens (tertiary/aromatic N) is 1. The maximum atomic E-state index is 13.1. The highest BCUT2D eigenvalue weighted by Gasteiger charge is 2.52. The molecule has 5 nitrogen and oxygen atoms in total. The second-order valence-electron chi connectivity index (χ2n) is 6.43. The van der Waals surface area contributed by atoms with Gasteiger partial charge in [-0.15, -0.1) is 0 Å². The number of amides is 2. The van der Waals surface area contributed by atoms with Crippen molar-refractivity contribution in [3.05, 3.63) is 59.4 Å². The molecule has 6 heteroatoms. The van der Waals surface area contributed by atoms with E-state index in [0.29, 0.717) is 30.8 Å². The van der Waals surface area contributed by atoms with Crippen LogP contribution in [0.1, 0.15) is 22.3 Å². The van der Waals surface area contributed by atoms with Crippen LogP contribution in [-0.2, 0) is 10.2 Å². The number of fused-ring (bicyclic) bond motifs is 2. The first kappa shape index (κ1) is 15.6. The standard InChI is InChI=1S/C19H17FN2O3/c1-25-14-6-7-16-15(10-14)19(18(24)21-16)8-9-22(11-19)17(23)12-2-4-13(20)5-3-12/h2-7,10H,8-9,11H2,1H3,(H,21,24)/t19-/m1/s1. The summed E-state index contributed by atoms with van der Waals surface area (Å²) in [7, 11) is 1.58. The average molecular weight is 340 g/mol. The molecule has 2 amide bonds. The number of rotatable bonds is 2. The Bertz CT molecular complexity index is 865. The quantitative estimate of drug-likeness (QED) is 0.914. The number of anilines is 1. The number of carbonyl (C=O) groups excluding carboxylic acids is 2. The summed E-state index contributed by atoms with van der Waals surface area (Å²) in [5.74, 6) is 0.00903.